The zero-order valence-electron chi connectivity index (χ0n) is 14.7. The van der Waals surface area contributed by atoms with E-state index >= 15 is 0 Å². The first-order chi connectivity index (χ1) is 11.1. The van der Waals surface area contributed by atoms with Crippen LogP contribution in [0.15, 0.2) is 48.5 Å². The predicted octanol–water partition coefficient (Wildman–Crippen LogP) is 4.75. The van der Waals surface area contributed by atoms with Gasteiger partial charge in [0, 0.05) is 6.04 Å². The van der Waals surface area contributed by atoms with E-state index in [9.17, 15) is 4.39 Å². The fourth-order valence-corrected chi connectivity index (χ4v) is 2.38. The second-order valence-corrected chi connectivity index (χ2v) is 6.18. The average Bonchev–Trinajstić information content (AvgIpc) is 2.55. The van der Waals surface area contributed by atoms with Crippen molar-refractivity contribution in [3.05, 3.63) is 65.5 Å². The normalized spacial score (nSPS) is 11.9. The number of benzene rings is 2. The van der Waals surface area contributed by atoms with Crippen LogP contribution in [-0.2, 0) is 12.8 Å². The summed E-state index contributed by atoms with van der Waals surface area (Å²) in [7, 11) is 4.17. The first-order valence-corrected chi connectivity index (χ1v) is 8.18. The number of hydrogen-bond donors (Lipinski definition) is 0. The number of rotatable bonds is 8. The molecule has 0 bridgehead atoms. The molecular weight excluding hydrogens is 325 g/mol. The Morgan fingerprint density at radius 3 is 2.33 bits per heavy atom. The van der Waals surface area contributed by atoms with Gasteiger partial charge in [-0.25, -0.2) is 4.39 Å². The Morgan fingerprint density at radius 1 is 1.00 bits per heavy atom. The van der Waals surface area contributed by atoms with Gasteiger partial charge in [0.25, 0.3) is 0 Å². The molecule has 0 fully saturated rings. The molecule has 0 saturated heterocycles. The monoisotopic (exact) mass is 351 g/mol. The third-order valence-corrected chi connectivity index (χ3v) is 4.24. The van der Waals surface area contributed by atoms with Crippen molar-refractivity contribution in [3.8, 4) is 5.75 Å². The van der Waals surface area contributed by atoms with E-state index in [1.807, 2.05) is 30.3 Å². The average molecular weight is 352 g/mol. The van der Waals surface area contributed by atoms with Crippen molar-refractivity contribution in [1.29, 1.82) is 0 Å². The summed E-state index contributed by atoms with van der Waals surface area (Å²) in [6.07, 6.45) is 2.78. The highest BCUT2D eigenvalue weighted by Gasteiger charge is 2.07. The van der Waals surface area contributed by atoms with Crippen molar-refractivity contribution >= 4 is 12.4 Å². The summed E-state index contributed by atoms with van der Waals surface area (Å²) in [5.41, 5.74) is 2.34. The van der Waals surface area contributed by atoms with Crippen molar-refractivity contribution in [2.75, 3.05) is 20.7 Å². The molecule has 24 heavy (non-hydrogen) atoms. The van der Waals surface area contributed by atoms with Gasteiger partial charge in [-0.2, -0.15) is 0 Å². The van der Waals surface area contributed by atoms with Crippen molar-refractivity contribution in [1.82, 2.24) is 4.90 Å². The lowest BCUT2D eigenvalue weighted by molar-refractivity contribution is 0.232. The third kappa shape index (κ3) is 6.50. The zero-order chi connectivity index (χ0) is 16.7. The molecule has 2 aromatic rings. The maximum atomic E-state index is 13.0. The van der Waals surface area contributed by atoms with Crippen molar-refractivity contribution in [3.63, 3.8) is 0 Å². The summed E-state index contributed by atoms with van der Waals surface area (Å²) in [6.45, 7) is 2.91. The molecule has 0 aliphatic heterocycles. The fraction of sp³-hybridized carbons (Fsp3) is 0.400. The molecule has 1 unspecified atom stereocenters. The van der Waals surface area contributed by atoms with Gasteiger partial charge in [-0.3, -0.25) is 0 Å². The predicted molar refractivity (Wildman–Crippen MR) is 101 cm³/mol. The van der Waals surface area contributed by atoms with Crippen LogP contribution in [0, 0.1) is 5.82 Å². The Hall–Kier alpha value is -1.58. The summed E-state index contributed by atoms with van der Waals surface area (Å²) in [5, 5.41) is 0. The minimum absolute atomic E-state index is 0. The minimum Gasteiger partial charge on any atom is -0.493 e. The second kappa shape index (κ2) is 10.3. The first kappa shape index (κ1) is 20.5. The molecule has 2 nitrogen and oxygen atoms in total. The van der Waals surface area contributed by atoms with Gasteiger partial charge in [0.2, 0.25) is 0 Å². The van der Waals surface area contributed by atoms with Crippen LogP contribution in [0.3, 0.4) is 0 Å². The number of nitrogens with zero attached hydrogens (tertiary/aromatic N) is 1. The number of para-hydroxylation sites is 1. The van der Waals surface area contributed by atoms with E-state index in [0.29, 0.717) is 12.6 Å². The number of ether oxygens (including phenoxy) is 1. The minimum atomic E-state index is -0.188. The Bertz CT molecular complexity index is 601. The maximum absolute atomic E-state index is 13.0. The summed E-state index contributed by atoms with van der Waals surface area (Å²) in [6, 6.07) is 15.4. The van der Waals surface area contributed by atoms with Gasteiger partial charge >= 0.3 is 0 Å². The molecule has 2 rings (SSSR count). The Kier molecular flexibility index (Phi) is 8.80. The molecule has 0 spiro atoms. The quantitative estimate of drug-likeness (QED) is 0.680. The van der Waals surface area contributed by atoms with E-state index in [-0.39, 0.29) is 18.2 Å². The molecule has 0 N–H and O–H groups in total. The number of hydrogen-bond acceptors (Lipinski definition) is 2. The van der Waals surface area contributed by atoms with Gasteiger partial charge in [0.15, 0.2) is 0 Å². The van der Waals surface area contributed by atoms with Crippen LogP contribution in [-0.4, -0.2) is 31.6 Å². The number of halogens is 2. The van der Waals surface area contributed by atoms with Crippen LogP contribution in [0.4, 0.5) is 4.39 Å². The van der Waals surface area contributed by atoms with Gasteiger partial charge in [-0.05, 0) is 69.6 Å². The van der Waals surface area contributed by atoms with Gasteiger partial charge in [0.1, 0.15) is 11.6 Å². The first-order valence-electron chi connectivity index (χ1n) is 8.18. The maximum Gasteiger partial charge on any atom is 0.123 e. The SMILES string of the molecule is CC(CCOc1ccccc1CCc1ccc(F)cc1)N(C)C.Cl. The van der Waals surface area contributed by atoms with Gasteiger partial charge in [-0.1, -0.05) is 30.3 Å². The molecule has 0 amide bonds. The Balaban J connectivity index is 0.00000288. The molecule has 1 atom stereocenters. The Morgan fingerprint density at radius 2 is 1.67 bits per heavy atom. The van der Waals surface area contributed by atoms with Crippen LogP contribution in [0.5, 0.6) is 5.75 Å². The summed E-state index contributed by atoms with van der Waals surface area (Å²) >= 11 is 0. The summed E-state index contributed by atoms with van der Waals surface area (Å²) in [4.78, 5) is 2.20. The van der Waals surface area contributed by atoms with E-state index in [1.54, 1.807) is 0 Å². The van der Waals surface area contributed by atoms with E-state index in [4.69, 9.17) is 4.74 Å². The second-order valence-electron chi connectivity index (χ2n) is 6.18. The van der Waals surface area contributed by atoms with Crippen LogP contribution in [0.2, 0.25) is 0 Å². The van der Waals surface area contributed by atoms with Crippen molar-refractivity contribution < 1.29 is 9.13 Å². The molecular formula is C20H27ClFNO. The van der Waals surface area contributed by atoms with E-state index in [2.05, 4.69) is 32.0 Å². The molecule has 2 aromatic carbocycles. The summed E-state index contributed by atoms with van der Waals surface area (Å²) < 4.78 is 18.9. The molecule has 0 saturated carbocycles. The van der Waals surface area contributed by atoms with Crippen LogP contribution < -0.4 is 4.74 Å². The van der Waals surface area contributed by atoms with Gasteiger partial charge < -0.3 is 9.64 Å². The van der Waals surface area contributed by atoms with Crippen LogP contribution >= 0.6 is 12.4 Å². The largest absolute Gasteiger partial charge is 0.493 e. The van der Waals surface area contributed by atoms with Gasteiger partial charge in [0.05, 0.1) is 6.61 Å². The van der Waals surface area contributed by atoms with Crippen molar-refractivity contribution in [2.24, 2.45) is 0 Å². The zero-order valence-corrected chi connectivity index (χ0v) is 15.5. The highest BCUT2D eigenvalue weighted by molar-refractivity contribution is 5.85. The topological polar surface area (TPSA) is 12.5 Å². The molecule has 0 heterocycles. The fourth-order valence-electron chi connectivity index (χ4n) is 2.38. The standard InChI is InChI=1S/C20H26FNO.ClH/c1-16(22(2)3)14-15-23-20-7-5-4-6-18(20)11-8-17-9-12-19(21)13-10-17;/h4-7,9-10,12-13,16H,8,11,14-15H2,1-3H3;1H. The lowest BCUT2D eigenvalue weighted by Crippen LogP contribution is -2.26. The summed E-state index contributed by atoms with van der Waals surface area (Å²) in [5.74, 6) is 0.771. The molecule has 4 heteroatoms. The molecule has 0 aliphatic rings. The molecule has 0 aromatic heterocycles. The highest BCUT2D eigenvalue weighted by Crippen LogP contribution is 2.20. The van der Waals surface area contributed by atoms with Crippen LogP contribution in [0.25, 0.3) is 0 Å². The van der Waals surface area contributed by atoms with Crippen molar-refractivity contribution in [2.45, 2.75) is 32.2 Å². The molecule has 0 radical (unpaired) electrons. The molecule has 0 aliphatic carbocycles. The molecule has 132 valence electrons. The lowest BCUT2D eigenvalue weighted by atomic mass is 10.0. The van der Waals surface area contributed by atoms with E-state index in [0.717, 1.165) is 30.6 Å². The highest BCUT2D eigenvalue weighted by atomic mass is 35.5. The smallest absolute Gasteiger partial charge is 0.123 e. The van der Waals surface area contributed by atoms with E-state index in [1.165, 1.54) is 17.7 Å². The third-order valence-electron chi connectivity index (χ3n) is 4.24. The Labute approximate surface area is 151 Å². The lowest BCUT2D eigenvalue weighted by Gasteiger charge is -2.20. The van der Waals surface area contributed by atoms with Crippen LogP contribution in [0.1, 0.15) is 24.5 Å². The van der Waals surface area contributed by atoms with E-state index < -0.39 is 0 Å². The van der Waals surface area contributed by atoms with Gasteiger partial charge in [-0.15, -0.1) is 12.4 Å². The number of aryl methyl sites for hydroxylation is 2.